The maximum atomic E-state index is 12.1. The molecule has 0 aliphatic heterocycles. The van der Waals surface area contributed by atoms with E-state index in [2.05, 4.69) is 5.43 Å². The predicted octanol–water partition coefficient (Wildman–Crippen LogP) is 1.65. The molecule has 0 fully saturated rings. The van der Waals surface area contributed by atoms with Crippen molar-refractivity contribution in [3.05, 3.63) is 54.1 Å². The number of amides is 1. The van der Waals surface area contributed by atoms with Crippen LogP contribution in [0.15, 0.2) is 53.4 Å². The van der Waals surface area contributed by atoms with Crippen molar-refractivity contribution in [2.45, 2.75) is 18.2 Å². The Labute approximate surface area is 147 Å². The van der Waals surface area contributed by atoms with Gasteiger partial charge in [0.2, 0.25) is 0 Å². The van der Waals surface area contributed by atoms with Gasteiger partial charge in [-0.3, -0.25) is 10.2 Å². The van der Waals surface area contributed by atoms with Gasteiger partial charge in [-0.05, 0) is 36.2 Å². The van der Waals surface area contributed by atoms with Gasteiger partial charge in [-0.15, -0.1) is 4.83 Å². The number of ether oxygens (including phenoxy) is 2. The van der Waals surface area contributed by atoms with E-state index >= 15 is 0 Å². The van der Waals surface area contributed by atoms with E-state index in [0.717, 1.165) is 12.0 Å². The van der Waals surface area contributed by atoms with E-state index < -0.39 is 15.9 Å². The first kappa shape index (κ1) is 18.8. The summed E-state index contributed by atoms with van der Waals surface area (Å²) >= 11 is 0. The fourth-order valence-corrected chi connectivity index (χ4v) is 2.87. The predicted molar refractivity (Wildman–Crippen MR) is 92.8 cm³/mol. The fraction of sp³-hybridized carbons (Fsp3) is 0.235. The van der Waals surface area contributed by atoms with Gasteiger partial charge in [-0.2, -0.15) is 0 Å². The van der Waals surface area contributed by atoms with Gasteiger partial charge in [0, 0.05) is 0 Å². The van der Waals surface area contributed by atoms with Crippen LogP contribution >= 0.6 is 0 Å². The zero-order chi connectivity index (χ0) is 18.3. The third kappa shape index (κ3) is 5.20. The Morgan fingerprint density at radius 3 is 2.28 bits per heavy atom. The number of para-hydroxylation sites is 2. The molecule has 0 saturated heterocycles. The van der Waals surface area contributed by atoms with Gasteiger partial charge in [0.25, 0.3) is 15.9 Å². The van der Waals surface area contributed by atoms with Crippen LogP contribution in [0, 0.1) is 0 Å². The van der Waals surface area contributed by atoms with Crippen LogP contribution in [0.3, 0.4) is 0 Å². The minimum atomic E-state index is -3.84. The van der Waals surface area contributed by atoms with Crippen molar-refractivity contribution in [3.8, 4) is 11.5 Å². The second-order valence-electron chi connectivity index (χ2n) is 5.09. The molecule has 0 atom stereocenters. The Morgan fingerprint density at radius 2 is 1.68 bits per heavy atom. The highest BCUT2D eigenvalue weighted by Crippen LogP contribution is 2.25. The van der Waals surface area contributed by atoms with Crippen molar-refractivity contribution >= 4 is 15.9 Å². The molecule has 1 amide bonds. The molecule has 0 heterocycles. The molecule has 2 rings (SSSR count). The number of nitrogens with one attached hydrogen (secondary N) is 2. The lowest BCUT2D eigenvalue weighted by atomic mass is 10.2. The molecule has 2 aromatic rings. The summed E-state index contributed by atoms with van der Waals surface area (Å²) in [6.07, 6.45) is 0.810. The third-order valence-electron chi connectivity index (χ3n) is 3.39. The summed E-state index contributed by atoms with van der Waals surface area (Å²) in [4.78, 5) is 13.9. The molecule has 0 aliphatic carbocycles. The van der Waals surface area contributed by atoms with Crippen LogP contribution in [0.4, 0.5) is 0 Å². The van der Waals surface area contributed by atoms with Gasteiger partial charge in [0.15, 0.2) is 18.1 Å². The van der Waals surface area contributed by atoms with Gasteiger partial charge in [0.1, 0.15) is 0 Å². The maximum absolute atomic E-state index is 12.1. The molecule has 0 aliphatic rings. The molecule has 0 saturated carbocycles. The molecule has 134 valence electrons. The second kappa shape index (κ2) is 8.50. The van der Waals surface area contributed by atoms with E-state index in [1.54, 1.807) is 36.4 Å². The lowest BCUT2D eigenvalue weighted by Gasteiger charge is -2.11. The van der Waals surface area contributed by atoms with Crippen molar-refractivity contribution in [2.24, 2.45) is 0 Å². The SMILES string of the molecule is CCc1ccc(S(=O)(=O)NNC(=O)COc2ccccc2OC)cc1. The number of methoxy groups -OCH3 is 1. The molecule has 25 heavy (non-hydrogen) atoms. The molecule has 8 heteroatoms. The Hall–Kier alpha value is -2.58. The van der Waals surface area contributed by atoms with E-state index in [4.69, 9.17) is 9.47 Å². The van der Waals surface area contributed by atoms with Crippen LogP contribution in [-0.2, 0) is 21.2 Å². The highest BCUT2D eigenvalue weighted by molar-refractivity contribution is 7.89. The number of benzene rings is 2. The Kier molecular flexibility index (Phi) is 6.37. The van der Waals surface area contributed by atoms with Gasteiger partial charge >= 0.3 is 0 Å². The number of hydrogen-bond acceptors (Lipinski definition) is 5. The molecule has 2 aromatic carbocycles. The van der Waals surface area contributed by atoms with Gasteiger partial charge in [-0.1, -0.05) is 31.2 Å². The molecule has 0 spiro atoms. The van der Waals surface area contributed by atoms with Crippen LogP contribution in [0.25, 0.3) is 0 Å². The molecule has 0 bridgehead atoms. The smallest absolute Gasteiger partial charge is 0.272 e. The summed E-state index contributed by atoms with van der Waals surface area (Å²) in [6.45, 7) is 1.61. The average Bonchev–Trinajstić information content (AvgIpc) is 2.65. The molecule has 0 unspecified atom stereocenters. The number of sulfonamides is 1. The van der Waals surface area contributed by atoms with E-state index in [0.29, 0.717) is 11.5 Å². The number of hydrogen-bond donors (Lipinski definition) is 2. The minimum absolute atomic E-state index is 0.0654. The average molecular weight is 364 g/mol. The summed E-state index contributed by atoms with van der Waals surface area (Å²) in [5.41, 5.74) is 3.14. The topological polar surface area (TPSA) is 93.7 Å². The van der Waals surface area contributed by atoms with Crippen molar-refractivity contribution in [1.29, 1.82) is 0 Å². The van der Waals surface area contributed by atoms with E-state index in [1.165, 1.54) is 19.2 Å². The standard InChI is InChI=1S/C17H20N2O5S/c1-3-13-8-10-14(11-9-13)25(21,22)19-18-17(20)12-24-16-7-5-4-6-15(16)23-2/h4-11,19H,3,12H2,1-2H3,(H,18,20). The summed E-state index contributed by atoms with van der Waals surface area (Å²) in [6, 6.07) is 13.3. The zero-order valence-electron chi connectivity index (χ0n) is 14.0. The number of aryl methyl sites for hydroxylation is 1. The maximum Gasteiger partial charge on any atom is 0.272 e. The van der Waals surface area contributed by atoms with Gasteiger partial charge in [-0.25, -0.2) is 8.42 Å². The highest BCUT2D eigenvalue weighted by atomic mass is 32.2. The summed E-state index contributed by atoms with van der Waals surface area (Å²) in [5.74, 6) is 0.227. The van der Waals surface area contributed by atoms with E-state index in [9.17, 15) is 13.2 Å². The fourth-order valence-electron chi connectivity index (χ4n) is 2.00. The minimum Gasteiger partial charge on any atom is -0.493 e. The van der Waals surface area contributed by atoms with Gasteiger partial charge < -0.3 is 9.47 Å². The van der Waals surface area contributed by atoms with Crippen LogP contribution in [0.1, 0.15) is 12.5 Å². The lowest BCUT2D eigenvalue weighted by molar-refractivity contribution is -0.123. The van der Waals surface area contributed by atoms with E-state index in [1.807, 2.05) is 11.8 Å². The molecule has 2 N–H and O–H groups in total. The van der Waals surface area contributed by atoms with E-state index in [-0.39, 0.29) is 11.5 Å². The largest absolute Gasteiger partial charge is 0.493 e. The Balaban J connectivity index is 1.90. The first-order valence-corrected chi connectivity index (χ1v) is 9.10. The van der Waals surface area contributed by atoms with Crippen molar-refractivity contribution in [2.75, 3.05) is 13.7 Å². The second-order valence-corrected chi connectivity index (χ2v) is 6.77. The first-order valence-electron chi connectivity index (χ1n) is 7.61. The van der Waals surface area contributed by atoms with Crippen LogP contribution in [-0.4, -0.2) is 28.0 Å². The Bertz CT molecular complexity index is 819. The Morgan fingerprint density at radius 1 is 1.04 bits per heavy atom. The van der Waals surface area contributed by atoms with Crippen LogP contribution in [0.5, 0.6) is 11.5 Å². The number of hydrazine groups is 1. The van der Waals surface area contributed by atoms with Crippen LogP contribution in [0.2, 0.25) is 0 Å². The lowest BCUT2D eigenvalue weighted by Crippen LogP contribution is -2.43. The summed E-state index contributed by atoms with van der Waals surface area (Å²) in [5, 5.41) is 0. The molecular weight excluding hydrogens is 344 g/mol. The number of carbonyl (C=O) groups excluding carboxylic acids is 1. The summed E-state index contributed by atoms with van der Waals surface area (Å²) in [7, 11) is -2.35. The number of rotatable bonds is 8. The number of carbonyl (C=O) groups is 1. The molecular formula is C17H20N2O5S. The summed E-state index contributed by atoms with van der Waals surface area (Å²) < 4.78 is 34.7. The third-order valence-corrected chi connectivity index (χ3v) is 4.66. The van der Waals surface area contributed by atoms with Crippen molar-refractivity contribution in [3.63, 3.8) is 0 Å². The quantitative estimate of drug-likeness (QED) is 0.695. The van der Waals surface area contributed by atoms with Crippen molar-refractivity contribution in [1.82, 2.24) is 10.3 Å². The zero-order valence-corrected chi connectivity index (χ0v) is 14.8. The normalized spacial score (nSPS) is 11.0. The highest BCUT2D eigenvalue weighted by Gasteiger charge is 2.15. The molecule has 7 nitrogen and oxygen atoms in total. The first-order chi connectivity index (χ1) is 12.0. The van der Waals surface area contributed by atoms with Crippen LogP contribution < -0.4 is 19.7 Å². The monoisotopic (exact) mass is 364 g/mol. The van der Waals surface area contributed by atoms with Crippen molar-refractivity contribution < 1.29 is 22.7 Å². The molecule has 0 aromatic heterocycles. The van der Waals surface area contributed by atoms with Gasteiger partial charge in [0.05, 0.1) is 12.0 Å². The molecule has 0 radical (unpaired) electrons.